The molecule has 0 N–H and O–H groups in total. The van der Waals surface area contributed by atoms with E-state index in [2.05, 4.69) is 4.98 Å². The molecule has 0 aromatic carbocycles. The summed E-state index contributed by atoms with van der Waals surface area (Å²) in [5.74, 6) is -1.27. The van der Waals surface area contributed by atoms with Gasteiger partial charge in [0, 0.05) is 20.6 Å². The van der Waals surface area contributed by atoms with Crippen LogP contribution >= 0.6 is 11.6 Å². The Balaban J connectivity index is 2.93. The maximum atomic E-state index is 12.4. The number of imidazole rings is 1. The number of rotatable bonds is 3. The normalized spacial score (nSPS) is 13.2. The minimum atomic E-state index is -4.26. The first-order valence-electron chi connectivity index (χ1n) is 5.08. The minimum absolute atomic E-state index is 0.0125. The van der Waals surface area contributed by atoms with Crippen LogP contribution in [0.3, 0.4) is 0 Å². The molecule has 1 unspecified atom stereocenters. The molecule has 0 saturated heterocycles. The fourth-order valence-corrected chi connectivity index (χ4v) is 1.76. The van der Waals surface area contributed by atoms with E-state index < -0.39 is 12.1 Å². The molecule has 0 aliphatic rings. The second-order valence-corrected chi connectivity index (χ2v) is 4.40. The molecule has 0 bridgehead atoms. The van der Waals surface area contributed by atoms with Crippen molar-refractivity contribution in [1.29, 1.82) is 5.26 Å². The smallest absolute Gasteiger partial charge is 0.345 e. The number of anilines is 1. The molecule has 1 rings (SSSR count). The molecule has 0 saturated carbocycles. The van der Waals surface area contributed by atoms with Crippen LogP contribution in [0.15, 0.2) is 0 Å². The Bertz CT molecular complexity index is 475. The molecular weight excluding hydrogens is 269 g/mol. The highest BCUT2D eigenvalue weighted by Gasteiger charge is 2.37. The Labute approximate surface area is 108 Å². The van der Waals surface area contributed by atoms with Gasteiger partial charge in [0.2, 0.25) is 5.95 Å². The van der Waals surface area contributed by atoms with E-state index in [0.29, 0.717) is 0 Å². The molecule has 8 heteroatoms. The molecule has 4 nitrogen and oxygen atoms in total. The lowest BCUT2D eigenvalue weighted by Crippen LogP contribution is -2.34. The minimum Gasteiger partial charge on any atom is -0.345 e. The summed E-state index contributed by atoms with van der Waals surface area (Å²) in [6.45, 7) is 0.835. The van der Waals surface area contributed by atoms with Crippen LogP contribution in [0.25, 0.3) is 0 Å². The van der Waals surface area contributed by atoms with E-state index in [-0.39, 0.29) is 23.3 Å². The van der Waals surface area contributed by atoms with Crippen LogP contribution < -0.4 is 4.90 Å². The topological polar surface area (TPSA) is 44.9 Å². The quantitative estimate of drug-likeness (QED) is 0.855. The number of halogens is 4. The maximum absolute atomic E-state index is 12.4. The Hall–Kier alpha value is -1.42. The second-order valence-electron chi connectivity index (χ2n) is 4.05. The van der Waals surface area contributed by atoms with Crippen molar-refractivity contribution in [3.8, 4) is 6.07 Å². The van der Waals surface area contributed by atoms with E-state index in [1.165, 1.54) is 23.6 Å². The van der Waals surface area contributed by atoms with Gasteiger partial charge in [-0.1, -0.05) is 18.5 Å². The molecule has 100 valence electrons. The van der Waals surface area contributed by atoms with Crippen LogP contribution in [0, 0.1) is 17.2 Å². The number of hydrogen-bond donors (Lipinski definition) is 0. The van der Waals surface area contributed by atoms with E-state index in [9.17, 15) is 13.2 Å². The van der Waals surface area contributed by atoms with Crippen molar-refractivity contribution in [2.24, 2.45) is 13.0 Å². The van der Waals surface area contributed by atoms with Gasteiger partial charge in [0.05, 0.1) is 5.92 Å². The third-order valence-corrected chi connectivity index (χ3v) is 2.85. The highest BCUT2D eigenvalue weighted by molar-refractivity contribution is 6.30. The van der Waals surface area contributed by atoms with Gasteiger partial charge in [0.25, 0.3) is 0 Å². The van der Waals surface area contributed by atoms with Crippen LogP contribution in [0.2, 0.25) is 5.15 Å². The van der Waals surface area contributed by atoms with Gasteiger partial charge in [0.15, 0.2) is 10.8 Å². The highest BCUT2D eigenvalue weighted by Crippen LogP contribution is 2.28. The fourth-order valence-electron chi connectivity index (χ4n) is 1.51. The molecule has 0 fully saturated rings. The molecule has 0 radical (unpaired) electrons. The second kappa shape index (κ2) is 5.06. The molecule has 0 aliphatic heterocycles. The van der Waals surface area contributed by atoms with Crippen LogP contribution in [-0.2, 0) is 7.05 Å². The number of nitriles is 1. The Morgan fingerprint density at radius 3 is 2.50 bits per heavy atom. The molecule has 1 heterocycles. The lowest BCUT2D eigenvalue weighted by molar-refractivity contribution is -0.166. The van der Waals surface area contributed by atoms with E-state index in [0.717, 1.165) is 6.92 Å². The summed E-state index contributed by atoms with van der Waals surface area (Å²) in [5.41, 5.74) is 0.123. The largest absolute Gasteiger partial charge is 0.393 e. The van der Waals surface area contributed by atoms with Gasteiger partial charge in [0.1, 0.15) is 6.07 Å². The first-order valence-corrected chi connectivity index (χ1v) is 5.46. The van der Waals surface area contributed by atoms with Crippen molar-refractivity contribution >= 4 is 17.5 Å². The van der Waals surface area contributed by atoms with Gasteiger partial charge in [-0.15, -0.1) is 0 Å². The molecule has 1 aromatic rings. The first kappa shape index (κ1) is 14.6. The average Bonchev–Trinajstić information content (AvgIpc) is 2.52. The maximum Gasteiger partial charge on any atom is 0.393 e. The third kappa shape index (κ3) is 2.88. The molecule has 0 aliphatic carbocycles. The van der Waals surface area contributed by atoms with Crippen molar-refractivity contribution in [3.05, 3.63) is 10.8 Å². The van der Waals surface area contributed by atoms with Gasteiger partial charge >= 0.3 is 6.18 Å². The standard InChI is InChI=1S/C10H12ClF3N4/c1-6(10(12,13)14)5-17(2)9-16-8(11)7(4-15)18(9)3/h6H,5H2,1-3H3. The van der Waals surface area contributed by atoms with Gasteiger partial charge in [-0.3, -0.25) is 0 Å². The van der Waals surface area contributed by atoms with Crippen molar-refractivity contribution in [1.82, 2.24) is 9.55 Å². The molecular formula is C10H12ClF3N4. The van der Waals surface area contributed by atoms with Crippen LogP contribution in [-0.4, -0.2) is 29.3 Å². The lowest BCUT2D eigenvalue weighted by atomic mass is 10.1. The number of aromatic nitrogens is 2. The van der Waals surface area contributed by atoms with Crippen LogP contribution in [0.5, 0.6) is 0 Å². The Morgan fingerprint density at radius 2 is 2.11 bits per heavy atom. The summed E-state index contributed by atoms with van der Waals surface area (Å²) < 4.78 is 38.7. The molecule has 0 spiro atoms. The summed E-state index contributed by atoms with van der Waals surface area (Å²) in [5, 5.41) is 8.80. The van der Waals surface area contributed by atoms with Gasteiger partial charge in [-0.05, 0) is 0 Å². The molecule has 1 aromatic heterocycles. The predicted molar refractivity (Wildman–Crippen MR) is 61.4 cm³/mol. The average molecular weight is 281 g/mol. The van der Waals surface area contributed by atoms with Crippen molar-refractivity contribution in [2.75, 3.05) is 18.5 Å². The van der Waals surface area contributed by atoms with Gasteiger partial charge < -0.3 is 9.47 Å². The SMILES string of the molecule is CC(CN(C)c1nc(Cl)c(C#N)n1C)C(F)(F)F. The van der Waals surface area contributed by atoms with Crippen molar-refractivity contribution in [2.45, 2.75) is 13.1 Å². The fraction of sp³-hybridized carbons (Fsp3) is 0.600. The zero-order valence-electron chi connectivity index (χ0n) is 10.1. The van der Waals surface area contributed by atoms with Crippen molar-refractivity contribution in [3.63, 3.8) is 0 Å². The first-order chi connectivity index (χ1) is 8.18. The zero-order valence-corrected chi connectivity index (χ0v) is 10.8. The van der Waals surface area contributed by atoms with Gasteiger partial charge in [-0.2, -0.15) is 23.4 Å². The highest BCUT2D eigenvalue weighted by atomic mass is 35.5. The van der Waals surface area contributed by atoms with Crippen molar-refractivity contribution < 1.29 is 13.2 Å². The Kier molecular flexibility index (Phi) is 4.12. The molecule has 0 amide bonds. The monoisotopic (exact) mass is 280 g/mol. The summed E-state index contributed by atoms with van der Waals surface area (Å²) >= 11 is 5.72. The van der Waals surface area contributed by atoms with Gasteiger partial charge in [-0.25, -0.2) is 0 Å². The van der Waals surface area contributed by atoms with E-state index in [1.54, 1.807) is 0 Å². The van der Waals surface area contributed by atoms with Crippen LogP contribution in [0.4, 0.5) is 19.1 Å². The zero-order chi connectivity index (χ0) is 14.1. The van der Waals surface area contributed by atoms with E-state index >= 15 is 0 Å². The predicted octanol–water partition coefficient (Wildman–Crippen LogP) is 2.58. The summed E-state index contributed by atoms with van der Waals surface area (Å²) in [6.07, 6.45) is -4.26. The summed E-state index contributed by atoms with van der Waals surface area (Å²) in [6, 6.07) is 1.84. The molecule has 1 atom stereocenters. The third-order valence-electron chi connectivity index (χ3n) is 2.58. The van der Waals surface area contributed by atoms with E-state index in [1.807, 2.05) is 6.07 Å². The number of nitrogens with zero attached hydrogens (tertiary/aromatic N) is 4. The Morgan fingerprint density at radius 1 is 1.56 bits per heavy atom. The number of alkyl halides is 3. The molecule has 18 heavy (non-hydrogen) atoms. The summed E-state index contributed by atoms with van der Waals surface area (Å²) in [4.78, 5) is 5.20. The van der Waals surface area contributed by atoms with Crippen LogP contribution in [0.1, 0.15) is 12.6 Å². The van der Waals surface area contributed by atoms with E-state index in [4.69, 9.17) is 16.9 Å². The lowest BCUT2D eigenvalue weighted by Gasteiger charge is -2.23. The summed E-state index contributed by atoms with van der Waals surface area (Å²) in [7, 11) is 3.00. The number of hydrogen-bond acceptors (Lipinski definition) is 3.